The van der Waals surface area contributed by atoms with Gasteiger partial charge < -0.3 is 76.7 Å². The first-order chi connectivity index (χ1) is 29.7. The zero-order valence-corrected chi connectivity index (χ0v) is 45.2. The number of hydrogen-bond acceptors (Lipinski definition) is 17. The molecule has 0 radical (unpaired) electrons. The first kappa shape index (κ1) is 58.0. The lowest BCUT2D eigenvalue weighted by Crippen LogP contribution is -2.37. The number of anilines is 2. The van der Waals surface area contributed by atoms with Crippen LogP contribution in [-0.4, -0.2) is 179 Å². The molecule has 0 spiro atoms. The summed E-state index contributed by atoms with van der Waals surface area (Å²) in [7, 11) is 0. The van der Waals surface area contributed by atoms with E-state index in [1.165, 1.54) is 0 Å². The fourth-order valence-electron chi connectivity index (χ4n) is 4.62. The van der Waals surface area contributed by atoms with Crippen LogP contribution in [0.2, 0.25) is 0 Å². The highest BCUT2D eigenvalue weighted by Gasteiger charge is 2.31. The summed E-state index contributed by atoms with van der Waals surface area (Å²) in [5, 5.41) is 100. The number of aliphatic hydroxyl groups excluding tert-OH is 9. The van der Waals surface area contributed by atoms with Gasteiger partial charge in [-0.05, 0) is 136 Å². The van der Waals surface area contributed by atoms with Gasteiger partial charge in [-0.25, -0.2) is 9.59 Å². The maximum Gasteiger partial charge on any atom is 0.411 e. The predicted molar refractivity (Wildman–Crippen MR) is 271 cm³/mol. The van der Waals surface area contributed by atoms with Crippen molar-refractivity contribution < 1.29 is 84.2 Å². The van der Waals surface area contributed by atoms with Crippen LogP contribution < -0.4 is 31.9 Å². The second kappa shape index (κ2) is 28.9. The Bertz CT molecular complexity index is 1740. The molecule has 0 aromatic heterocycles. The van der Waals surface area contributed by atoms with Gasteiger partial charge in [0.05, 0.1) is 111 Å². The molecule has 2 rings (SSSR count). The molecule has 29 heteroatoms. The van der Waals surface area contributed by atoms with Crippen molar-refractivity contribution in [2.24, 2.45) is 5.92 Å². The van der Waals surface area contributed by atoms with E-state index < -0.39 is 112 Å². The van der Waals surface area contributed by atoms with E-state index in [9.17, 15) is 74.7 Å². The molecule has 0 aliphatic heterocycles. The smallest absolute Gasteiger partial charge is 0.411 e. The molecular formula is C34H42I6N6O17. The average Bonchev–Trinajstić information content (AvgIpc) is 3.25. The quantitative estimate of drug-likeness (QED) is 0.0597. The Morgan fingerprint density at radius 1 is 0.413 bits per heavy atom. The Morgan fingerprint density at radius 2 is 0.651 bits per heavy atom. The van der Waals surface area contributed by atoms with Gasteiger partial charge in [-0.15, -0.1) is 0 Å². The first-order valence-corrected chi connectivity index (χ1v) is 24.3. The third kappa shape index (κ3) is 17.2. The number of nitrogens with one attached hydrogen (secondary N) is 6. The van der Waals surface area contributed by atoms with E-state index in [0.717, 1.165) is 0 Å². The molecule has 63 heavy (non-hydrogen) atoms. The highest BCUT2D eigenvalue weighted by atomic mass is 127. The number of halogens is 6. The lowest BCUT2D eigenvalue weighted by atomic mass is 10.1. The van der Waals surface area contributed by atoms with Gasteiger partial charge in [-0.1, -0.05) is 0 Å². The maximum atomic E-state index is 13.3. The van der Waals surface area contributed by atoms with Crippen molar-refractivity contribution in [1.29, 1.82) is 0 Å². The van der Waals surface area contributed by atoms with Crippen molar-refractivity contribution >= 4 is 183 Å². The van der Waals surface area contributed by atoms with E-state index >= 15 is 0 Å². The van der Waals surface area contributed by atoms with Crippen molar-refractivity contribution in [2.45, 2.75) is 24.4 Å². The summed E-state index contributed by atoms with van der Waals surface area (Å²) in [4.78, 5) is 79.5. The molecule has 4 unspecified atom stereocenters. The van der Waals surface area contributed by atoms with E-state index in [-0.39, 0.29) is 81.2 Å². The third-order valence-corrected chi connectivity index (χ3v) is 14.5. The molecule has 15 N–H and O–H groups in total. The molecule has 0 bridgehead atoms. The molecule has 0 fully saturated rings. The lowest BCUT2D eigenvalue weighted by Gasteiger charge is -2.21. The number of hydrogen-bond donors (Lipinski definition) is 15. The fourth-order valence-corrected chi connectivity index (χ4v) is 13.4. The van der Waals surface area contributed by atoms with E-state index in [2.05, 4.69) is 31.9 Å². The van der Waals surface area contributed by atoms with Crippen molar-refractivity contribution in [2.75, 3.05) is 83.1 Å². The van der Waals surface area contributed by atoms with Crippen molar-refractivity contribution in [1.82, 2.24) is 21.3 Å². The molecule has 2 aromatic carbocycles. The summed E-state index contributed by atoms with van der Waals surface area (Å²) in [5.74, 6) is -4.16. The minimum absolute atomic E-state index is 0.0597. The molecule has 0 saturated heterocycles. The van der Waals surface area contributed by atoms with Gasteiger partial charge in [0, 0.05) is 33.3 Å². The number of aliphatic hydroxyl groups is 9. The summed E-state index contributed by atoms with van der Waals surface area (Å²) in [5.41, 5.74) is -0.521. The monoisotopic (exact) mass is 1570 g/mol. The molecule has 0 saturated carbocycles. The Balaban J connectivity index is 2.34. The minimum atomic E-state index is -1.30. The van der Waals surface area contributed by atoms with Crippen molar-refractivity contribution in [3.8, 4) is 0 Å². The van der Waals surface area contributed by atoms with Crippen LogP contribution in [0.15, 0.2) is 0 Å². The van der Waals surface area contributed by atoms with Crippen LogP contribution in [0.4, 0.5) is 21.0 Å². The molecule has 4 atom stereocenters. The Kier molecular flexibility index (Phi) is 26.6. The minimum Gasteiger partial charge on any atom is -0.449 e. The van der Waals surface area contributed by atoms with Crippen LogP contribution in [0.3, 0.4) is 0 Å². The van der Waals surface area contributed by atoms with Gasteiger partial charge in [0.1, 0.15) is 13.2 Å². The Morgan fingerprint density at radius 3 is 0.857 bits per heavy atom. The summed E-state index contributed by atoms with van der Waals surface area (Å²) >= 11 is 10.5. The van der Waals surface area contributed by atoms with Crippen molar-refractivity contribution in [3.05, 3.63) is 43.7 Å². The lowest BCUT2D eigenvalue weighted by molar-refractivity contribution is 0.0690. The third-order valence-electron chi connectivity index (χ3n) is 7.99. The molecule has 0 aliphatic rings. The van der Waals surface area contributed by atoms with Crippen LogP contribution in [0, 0.1) is 27.3 Å². The molecular weight excluding hydrogens is 1530 g/mol. The topological polar surface area (TPSA) is 375 Å². The largest absolute Gasteiger partial charge is 0.449 e. The van der Waals surface area contributed by atoms with Gasteiger partial charge >= 0.3 is 12.2 Å². The molecule has 0 heterocycles. The van der Waals surface area contributed by atoms with Crippen LogP contribution >= 0.6 is 136 Å². The zero-order valence-electron chi connectivity index (χ0n) is 32.2. The first-order valence-electron chi connectivity index (χ1n) is 17.9. The van der Waals surface area contributed by atoms with Crippen LogP contribution in [0.5, 0.6) is 0 Å². The summed E-state index contributed by atoms with van der Waals surface area (Å²) < 4.78 is 11.4. The van der Waals surface area contributed by atoms with Crippen LogP contribution in [0.25, 0.3) is 0 Å². The number of ether oxygens (including phenoxy) is 2. The van der Waals surface area contributed by atoms with E-state index in [1.807, 2.05) is 0 Å². The van der Waals surface area contributed by atoms with Gasteiger partial charge in [-0.3, -0.25) is 29.8 Å². The van der Waals surface area contributed by atoms with Gasteiger partial charge in [0.2, 0.25) is 0 Å². The SMILES string of the molecule is O=C(Nc1c(I)c(C(=O)NCC(O)CO)c(I)c(C(=O)NCC(O)CO)c1I)OCC(CO)COC(=O)Nc1c(I)c(C(=O)NCC(O)CO)c(I)c(C(=O)NCC(O)CO)c1I. The number of carbonyl (C=O) groups is 6. The summed E-state index contributed by atoms with van der Waals surface area (Å²) in [6.07, 6.45) is -7.46. The van der Waals surface area contributed by atoms with Crippen LogP contribution in [-0.2, 0) is 9.47 Å². The zero-order chi connectivity index (χ0) is 47.7. The molecule has 2 aromatic rings. The van der Waals surface area contributed by atoms with E-state index in [4.69, 9.17) is 9.47 Å². The number of carbonyl (C=O) groups excluding carboxylic acids is 6. The number of amides is 6. The Hall–Kier alpha value is -1.12. The fraction of sp³-hybridized carbons (Fsp3) is 0.471. The van der Waals surface area contributed by atoms with Gasteiger partial charge in [0.15, 0.2) is 0 Å². The molecule has 6 amide bonds. The highest BCUT2D eigenvalue weighted by Crippen LogP contribution is 2.37. The van der Waals surface area contributed by atoms with Gasteiger partial charge in [-0.2, -0.15) is 0 Å². The summed E-state index contributed by atoms with van der Waals surface area (Å²) in [6, 6.07) is 0. The Labute approximate surface area is 440 Å². The second-order valence-corrected chi connectivity index (χ2v) is 19.3. The van der Waals surface area contributed by atoms with Gasteiger partial charge in [0.25, 0.3) is 23.6 Å². The predicted octanol–water partition coefficient (Wildman–Crippen LogP) is -0.948. The second-order valence-electron chi connectivity index (χ2n) is 12.8. The number of rotatable bonds is 23. The molecule has 352 valence electrons. The van der Waals surface area contributed by atoms with Crippen LogP contribution in [0.1, 0.15) is 41.4 Å². The standard InChI is InChI=1S/C34H42I6N6O17/c35-21-17(29(56)41-1-13(52)6-48)23(37)27(24(38)18(21)30(57)42-2-14(53)7-49)45-33(60)62-10-12(5-47)11-63-34(61)46-28-25(39)19(31(58)43-3-15(54)8-50)22(36)20(26(28)40)32(59)44-4-16(55)9-51/h12-16,47-55H,1-11H2,(H,41,56)(H,42,57)(H,43,58)(H,44,59)(H,45,60)(H,46,61). The molecule has 23 nitrogen and oxygen atoms in total. The maximum absolute atomic E-state index is 13.3. The normalized spacial score (nSPS) is 13.4. The summed E-state index contributed by atoms with van der Waals surface area (Å²) in [6.45, 7) is -5.81. The highest BCUT2D eigenvalue weighted by molar-refractivity contribution is 14.1. The van der Waals surface area contributed by atoms with E-state index in [0.29, 0.717) is 0 Å². The van der Waals surface area contributed by atoms with E-state index in [1.54, 1.807) is 136 Å². The average molecular weight is 1570 g/mol. The van der Waals surface area contributed by atoms with Crippen molar-refractivity contribution in [3.63, 3.8) is 0 Å². The molecule has 0 aliphatic carbocycles. The number of benzene rings is 2.